The van der Waals surface area contributed by atoms with Gasteiger partial charge in [-0.2, -0.15) is 0 Å². The van der Waals surface area contributed by atoms with Crippen molar-refractivity contribution in [3.63, 3.8) is 0 Å². The van der Waals surface area contributed by atoms with E-state index in [1.807, 2.05) is 0 Å². The maximum atomic E-state index is 12.0. The van der Waals surface area contributed by atoms with Crippen molar-refractivity contribution in [1.82, 2.24) is 16.0 Å². The van der Waals surface area contributed by atoms with Crippen LogP contribution in [0.2, 0.25) is 0 Å². The Kier molecular flexibility index (Phi) is 7.32. The lowest BCUT2D eigenvalue weighted by atomic mass is 9.57. The number of carbonyl (C=O) groups excluding carboxylic acids is 1. The number of phenols is 1. The smallest absolute Gasteiger partial charge is 0.251 e. The van der Waals surface area contributed by atoms with E-state index in [0.717, 1.165) is 19.0 Å². The van der Waals surface area contributed by atoms with E-state index in [1.54, 1.807) is 19.2 Å². The van der Waals surface area contributed by atoms with E-state index in [0.29, 0.717) is 36.7 Å². The first-order valence-electron chi connectivity index (χ1n) is 9.09. The minimum Gasteiger partial charge on any atom is -0.508 e. The molecule has 8 heteroatoms. The lowest BCUT2D eigenvalue weighted by Gasteiger charge is -2.54. The van der Waals surface area contributed by atoms with Crippen LogP contribution in [0, 0.1) is 11.3 Å². The Morgan fingerprint density at radius 1 is 1.26 bits per heavy atom. The molecule has 2 aliphatic rings. The van der Waals surface area contributed by atoms with Crippen LogP contribution >= 0.6 is 24.0 Å². The molecule has 1 aliphatic heterocycles. The molecular formula is C19H29IN4O3. The minimum absolute atomic E-state index is 0. The molecule has 3 atom stereocenters. The third-order valence-corrected chi connectivity index (χ3v) is 5.45. The van der Waals surface area contributed by atoms with Crippen LogP contribution in [0.5, 0.6) is 5.75 Å². The topological polar surface area (TPSA) is 95.0 Å². The van der Waals surface area contributed by atoms with Crippen molar-refractivity contribution >= 4 is 35.8 Å². The van der Waals surface area contributed by atoms with Crippen LogP contribution in [0.4, 0.5) is 0 Å². The number of hydrogen-bond donors (Lipinski definition) is 4. The molecule has 0 aromatic heterocycles. The Morgan fingerprint density at radius 3 is 2.59 bits per heavy atom. The first-order valence-corrected chi connectivity index (χ1v) is 9.09. The van der Waals surface area contributed by atoms with Gasteiger partial charge in [-0.3, -0.25) is 9.79 Å². The van der Waals surface area contributed by atoms with E-state index in [2.05, 4.69) is 34.8 Å². The maximum absolute atomic E-state index is 12.0. The van der Waals surface area contributed by atoms with E-state index >= 15 is 0 Å². The zero-order valence-electron chi connectivity index (χ0n) is 16.0. The molecule has 1 aromatic carbocycles. The maximum Gasteiger partial charge on any atom is 0.251 e. The van der Waals surface area contributed by atoms with E-state index in [4.69, 9.17) is 4.74 Å². The van der Waals surface area contributed by atoms with Crippen molar-refractivity contribution in [3.05, 3.63) is 29.8 Å². The number of carbonyl (C=O) groups is 1. The molecule has 1 amide bonds. The number of fused-ring (bicyclic) bond motifs is 1. The van der Waals surface area contributed by atoms with Gasteiger partial charge in [0.15, 0.2) is 5.96 Å². The molecule has 1 saturated heterocycles. The molecule has 0 spiro atoms. The van der Waals surface area contributed by atoms with E-state index < -0.39 is 0 Å². The molecule has 3 unspecified atom stereocenters. The lowest BCUT2D eigenvalue weighted by molar-refractivity contribution is -0.106. The molecule has 4 N–H and O–H groups in total. The summed E-state index contributed by atoms with van der Waals surface area (Å²) in [5.74, 6) is 1.26. The number of hydrogen-bond acceptors (Lipinski definition) is 4. The monoisotopic (exact) mass is 488 g/mol. The Hall–Kier alpha value is -1.55. The molecule has 1 aliphatic carbocycles. The molecule has 7 nitrogen and oxygen atoms in total. The van der Waals surface area contributed by atoms with Crippen molar-refractivity contribution < 1.29 is 14.6 Å². The highest BCUT2D eigenvalue weighted by molar-refractivity contribution is 14.0. The second-order valence-corrected chi connectivity index (χ2v) is 7.49. The van der Waals surface area contributed by atoms with Crippen molar-refractivity contribution in [3.8, 4) is 5.75 Å². The molecule has 1 saturated carbocycles. The van der Waals surface area contributed by atoms with Gasteiger partial charge in [-0.25, -0.2) is 0 Å². The summed E-state index contributed by atoms with van der Waals surface area (Å²) in [4.78, 5) is 16.3. The second kappa shape index (κ2) is 9.09. The van der Waals surface area contributed by atoms with E-state index in [9.17, 15) is 9.90 Å². The van der Waals surface area contributed by atoms with Crippen LogP contribution in [0.25, 0.3) is 0 Å². The summed E-state index contributed by atoms with van der Waals surface area (Å²) in [5, 5.41) is 18.9. The molecular weight excluding hydrogens is 459 g/mol. The Morgan fingerprint density at radius 2 is 1.93 bits per heavy atom. The molecule has 0 bridgehead atoms. The predicted octanol–water partition coefficient (Wildman–Crippen LogP) is 1.72. The van der Waals surface area contributed by atoms with Crippen molar-refractivity contribution in [2.75, 3.05) is 26.7 Å². The van der Waals surface area contributed by atoms with Gasteiger partial charge in [-0.15, -0.1) is 24.0 Å². The van der Waals surface area contributed by atoms with Crippen molar-refractivity contribution in [1.29, 1.82) is 0 Å². The Labute approximate surface area is 177 Å². The summed E-state index contributed by atoms with van der Waals surface area (Å²) in [6.45, 7) is 6.34. The molecule has 150 valence electrons. The van der Waals surface area contributed by atoms with Gasteiger partial charge >= 0.3 is 0 Å². The SMILES string of the molecule is CN=C(NCCNC(=O)c1ccc(O)cc1)NC1C2CCOC2C1(C)C.I. The fourth-order valence-corrected chi connectivity index (χ4v) is 4.03. The van der Waals surface area contributed by atoms with Gasteiger partial charge in [0.25, 0.3) is 5.91 Å². The van der Waals surface area contributed by atoms with Crippen molar-refractivity contribution in [2.24, 2.45) is 16.3 Å². The number of nitrogens with one attached hydrogen (secondary N) is 3. The van der Waals surface area contributed by atoms with Crippen LogP contribution in [-0.2, 0) is 4.74 Å². The van der Waals surface area contributed by atoms with Crippen LogP contribution in [0.15, 0.2) is 29.3 Å². The van der Waals surface area contributed by atoms with Gasteiger partial charge in [0.1, 0.15) is 5.75 Å². The summed E-state index contributed by atoms with van der Waals surface area (Å²) in [7, 11) is 1.75. The van der Waals surface area contributed by atoms with Crippen LogP contribution in [0.1, 0.15) is 30.6 Å². The minimum atomic E-state index is -0.166. The summed E-state index contributed by atoms with van der Waals surface area (Å²) < 4.78 is 5.82. The number of phenolic OH excluding ortho intramolecular Hbond substituents is 1. The van der Waals surface area contributed by atoms with Crippen LogP contribution < -0.4 is 16.0 Å². The van der Waals surface area contributed by atoms with Crippen LogP contribution in [-0.4, -0.2) is 55.9 Å². The molecule has 2 fully saturated rings. The molecule has 27 heavy (non-hydrogen) atoms. The largest absolute Gasteiger partial charge is 0.508 e. The number of aliphatic imine (C=N–C) groups is 1. The Balaban J connectivity index is 0.00000261. The standard InChI is InChI=1S/C19H28N4O3.HI/c1-19(2)15(14-8-11-26-16(14)19)23-18(20-3)22-10-9-21-17(25)12-4-6-13(24)7-5-12;/h4-7,14-16,24H,8-11H2,1-3H3,(H,21,25)(H2,20,22,23);1H. The second-order valence-electron chi connectivity index (χ2n) is 7.49. The zero-order chi connectivity index (χ0) is 18.7. The number of halogens is 1. The van der Waals surface area contributed by atoms with Gasteiger partial charge in [0.05, 0.1) is 6.10 Å². The average molecular weight is 488 g/mol. The summed E-state index contributed by atoms with van der Waals surface area (Å²) in [6.07, 6.45) is 1.42. The number of nitrogens with zero attached hydrogens (tertiary/aromatic N) is 1. The summed E-state index contributed by atoms with van der Waals surface area (Å²) in [6, 6.07) is 6.53. The summed E-state index contributed by atoms with van der Waals surface area (Å²) in [5.41, 5.74) is 0.611. The van der Waals surface area contributed by atoms with Gasteiger partial charge in [0.2, 0.25) is 0 Å². The van der Waals surface area contributed by atoms with Gasteiger partial charge in [-0.05, 0) is 30.7 Å². The number of amides is 1. The van der Waals surface area contributed by atoms with Crippen molar-refractivity contribution in [2.45, 2.75) is 32.4 Å². The van der Waals surface area contributed by atoms with E-state index in [-0.39, 0.29) is 41.0 Å². The van der Waals surface area contributed by atoms with Gasteiger partial charge in [-0.1, -0.05) is 13.8 Å². The quantitative estimate of drug-likeness (QED) is 0.219. The normalized spacial score (nSPS) is 25.6. The highest BCUT2D eigenvalue weighted by Crippen LogP contribution is 2.52. The Bertz CT molecular complexity index is 678. The molecule has 0 radical (unpaired) electrons. The highest BCUT2D eigenvalue weighted by atomic mass is 127. The fraction of sp³-hybridized carbons (Fsp3) is 0.579. The van der Waals surface area contributed by atoms with Gasteiger partial charge in [0, 0.05) is 49.7 Å². The van der Waals surface area contributed by atoms with E-state index in [1.165, 1.54) is 12.1 Å². The molecule has 1 heterocycles. The first kappa shape index (κ1) is 21.7. The molecule has 1 aromatic rings. The van der Waals surface area contributed by atoms with Crippen LogP contribution in [0.3, 0.4) is 0 Å². The number of ether oxygens (including phenoxy) is 1. The number of guanidine groups is 1. The third kappa shape index (κ3) is 4.66. The zero-order valence-corrected chi connectivity index (χ0v) is 18.3. The highest BCUT2D eigenvalue weighted by Gasteiger charge is 2.59. The number of rotatable bonds is 5. The summed E-state index contributed by atoms with van der Waals surface area (Å²) >= 11 is 0. The van der Waals surface area contributed by atoms with Gasteiger partial charge < -0.3 is 25.8 Å². The first-order chi connectivity index (χ1) is 12.4. The number of benzene rings is 1. The predicted molar refractivity (Wildman–Crippen MR) is 116 cm³/mol. The number of aromatic hydroxyl groups is 1. The third-order valence-electron chi connectivity index (χ3n) is 5.45. The molecule has 3 rings (SSSR count). The fourth-order valence-electron chi connectivity index (χ4n) is 4.03. The lowest BCUT2D eigenvalue weighted by Crippen LogP contribution is -2.68. The average Bonchev–Trinajstić information content (AvgIpc) is 3.08.